The maximum absolute atomic E-state index is 12.0. The molecule has 1 aliphatic rings. The third-order valence-electron chi connectivity index (χ3n) is 3.91. The number of aromatic nitrogens is 1. The first-order valence-electron chi connectivity index (χ1n) is 7.01. The van der Waals surface area contributed by atoms with Gasteiger partial charge in [-0.15, -0.1) is 11.3 Å². The number of ether oxygens (including phenoxy) is 1. The topological polar surface area (TPSA) is 39.2 Å². The summed E-state index contributed by atoms with van der Waals surface area (Å²) < 4.78 is 5.47. The van der Waals surface area contributed by atoms with E-state index in [1.54, 1.807) is 5.38 Å². The maximum atomic E-state index is 12.0. The van der Waals surface area contributed by atoms with Crippen molar-refractivity contribution in [3.8, 4) is 11.1 Å². The summed E-state index contributed by atoms with van der Waals surface area (Å²) in [6.07, 6.45) is 2.64. The number of nitrogens with zero attached hydrogens (tertiary/aromatic N) is 1. The molecule has 2 aromatic carbocycles. The molecule has 3 nitrogen and oxygen atoms in total. The largest absolute Gasteiger partial charge is 0.459 e. The third-order valence-corrected chi connectivity index (χ3v) is 4.61. The summed E-state index contributed by atoms with van der Waals surface area (Å²) in [5, 5.41) is 2.00. The van der Waals surface area contributed by atoms with Crippen LogP contribution >= 0.6 is 11.3 Å². The van der Waals surface area contributed by atoms with Crippen molar-refractivity contribution in [3.63, 3.8) is 0 Å². The fourth-order valence-electron chi connectivity index (χ4n) is 2.95. The van der Waals surface area contributed by atoms with Crippen molar-refractivity contribution in [1.29, 1.82) is 0 Å². The number of thiazole rings is 1. The zero-order valence-electron chi connectivity index (χ0n) is 11.7. The first kappa shape index (κ1) is 13.2. The Morgan fingerprint density at radius 2 is 1.73 bits per heavy atom. The number of hydrogen-bond acceptors (Lipinski definition) is 4. The molecule has 1 radical (unpaired) electrons. The van der Waals surface area contributed by atoms with Crippen LogP contribution in [0, 0.1) is 6.20 Å². The molecule has 0 atom stereocenters. The number of hydrogen-bond donors (Lipinski definition) is 0. The number of carbonyl (C=O) groups excluding carboxylic acids is 1. The average Bonchev–Trinajstić information content (AvgIpc) is 3.20. The molecule has 0 saturated heterocycles. The van der Waals surface area contributed by atoms with Crippen molar-refractivity contribution in [1.82, 2.24) is 4.98 Å². The van der Waals surface area contributed by atoms with Gasteiger partial charge in [-0.25, -0.2) is 9.78 Å². The van der Waals surface area contributed by atoms with Gasteiger partial charge in [-0.3, -0.25) is 0 Å². The predicted molar refractivity (Wildman–Crippen MR) is 85.0 cm³/mol. The Labute approximate surface area is 132 Å². The van der Waals surface area contributed by atoms with Gasteiger partial charge in [0.15, 0.2) is 0 Å². The summed E-state index contributed by atoms with van der Waals surface area (Å²) in [6.45, 7) is 0.326. The standard InChI is InChI=1S/C18H12NO2S/c20-18(17-19-9-10-22-17)21-11-16-14-7-3-1-5-12(14)13-6-2-4-8-15(13)16/h1-8,10,16H,11H2. The Morgan fingerprint density at radius 3 is 2.32 bits per heavy atom. The molecule has 0 N–H and O–H groups in total. The molecule has 1 aliphatic carbocycles. The maximum Gasteiger partial charge on any atom is 0.367 e. The van der Waals surface area contributed by atoms with Crippen molar-refractivity contribution < 1.29 is 9.53 Å². The SMILES string of the molecule is O=C(OCC1c2ccccc2-c2ccccc21)c1n[c]cs1. The molecule has 0 unspecified atom stereocenters. The lowest BCUT2D eigenvalue weighted by Gasteiger charge is -2.13. The van der Waals surface area contributed by atoms with Crippen molar-refractivity contribution in [2.45, 2.75) is 5.92 Å². The van der Waals surface area contributed by atoms with E-state index < -0.39 is 0 Å². The summed E-state index contributed by atoms with van der Waals surface area (Å²) in [4.78, 5) is 15.9. The van der Waals surface area contributed by atoms with Gasteiger partial charge in [-0.1, -0.05) is 48.5 Å². The minimum atomic E-state index is -0.381. The molecule has 0 bridgehead atoms. The molecule has 0 fully saturated rings. The molecule has 0 spiro atoms. The number of esters is 1. The van der Waals surface area contributed by atoms with Gasteiger partial charge in [-0.05, 0) is 22.3 Å². The summed E-state index contributed by atoms with van der Waals surface area (Å²) in [5.41, 5.74) is 4.87. The van der Waals surface area contributed by atoms with E-state index in [0.717, 1.165) is 0 Å². The van der Waals surface area contributed by atoms with Crippen LogP contribution in [-0.2, 0) is 4.74 Å². The van der Waals surface area contributed by atoms with E-state index in [9.17, 15) is 4.79 Å². The summed E-state index contributed by atoms with van der Waals surface area (Å²) >= 11 is 1.24. The van der Waals surface area contributed by atoms with Crippen LogP contribution in [0.3, 0.4) is 0 Å². The molecular formula is C18H12NO2S. The second-order valence-corrected chi connectivity index (χ2v) is 5.97. The van der Waals surface area contributed by atoms with Gasteiger partial charge in [0.1, 0.15) is 12.8 Å². The van der Waals surface area contributed by atoms with Gasteiger partial charge in [0, 0.05) is 11.3 Å². The van der Waals surface area contributed by atoms with Crippen LogP contribution in [0.2, 0.25) is 0 Å². The van der Waals surface area contributed by atoms with Gasteiger partial charge >= 0.3 is 5.97 Å². The lowest BCUT2D eigenvalue weighted by atomic mass is 9.98. The van der Waals surface area contributed by atoms with Gasteiger partial charge < -0.3 is 4.74 Å². The van der Waals surface area contributed by atoms with E-state index in [1.807, 2.05) is 24.3 Å². The summed E-state index contributed by atoms with van der Waals surface area (Å²) in [5.74, 6) is -0.298. The van der Waals surface area contributed by atoms with Gasteiger partial charge in [0.2, 0.25) is 5.01 Å². The monoisotopic (exact) mass is 306 g/mol. The minimum absolute atomic E-state index is 0.0836. The molecule has 4 rings (SSSR count). The molecule has 107 valence electrons. The van der Waals surface area contributed by atoms with Crippen LogP contribution in [0.1, 0.15) is 26.8 Å². The van der Waals surface area contributed by atoms with Crippen LogP contribution in [0.5, 0.6) is 0 Å². The van der Waals surface area contributed by atoms with Gasteiger partial charge in [0.25, 0.3) is 0 Å². The van der Waals surface area contributed by atoms with Gasteiger partial charge in [0.05, 0.1) is 0 Å². The number of benzene rings is 2. The van der Waals surface area contributed by atoms with E-state index in [-0.39, 0.29) is 11.9 Å². The van der Waals surface area contributed by atoms with Crippen LogP contribution in [0.4, 0.5) is 0 Å². The molecule has 22 heavy (non-hydrogen) atoms. The smallest absolute Gasteiger partial charge is 0.367 e. The molecule has 4 heteroatoms. The zero-order valence-corrected chi connectivity index (χ0v) is 12.5. The Morgan fingerprint density at radius 1 is 1.09 bits per heavy atom. The van der Waals surface area contributed by atoms with Crippen molar-refractivity contribution >= 4 is 17.3 Å². The second kappa shape index (κ2) is 5.39. The van der Waals surface area contributed by atoms with Crippen LogP contribution in [-0.4, -0.2) is 17.6 Å². The quantitative estimate of drug-likeness (QED) is 0.689. The first-order chi connectivity index (χ1) is 10.8. The van der Waals surface area contributed by atoms with Crippen molar-refractivity contribution in [2.75, 3.05) is 6.61 Å². The molecule has 0 saturated carbocycles. The van der Waals surface area contributed by atoms with Crippen LogP contribution in [0.15, 0.2) is 53.9 Å². The predicted octanol–water partition coefficient (Wildman–Crippen LogP) is 3.91. The Kier molecular flexibility index (Phi) is 3.24. The van der Waals surface area contributed by atoms with Crippen LogP contribution < -0.4 is 0 Å². The Bertz CT molecular complexity index is 781. The first-order valence-corrected chi connectivity index (χ1v) is 7.89. The number of rotatable bonds is 3. The van der Waals surface area contributed by atoms with E-state index in [2.05, 4.69) is 35.4 Å². The molecule has 0 aliphatic heterocycles. The molecular weight excluding hydrogens is 294 g/mol. The highest BCUT2D eigenvalue weighted by Gasteiger charge is 2.29. The minimum Gasteiger partial charge on any atom is -0.459 e. The molecule has 3 aromatic rings. The summed E-state index contributed by atoms with van der Waals surface area (Å²) in [6, 6.07) is 16.6. The third kappa shape index (κ3) is 2.12. The lowest BCUT2D eigenvalue weighted by Crippen LogP contribution is -2.12. The highest BCUT2D eigenvalue weighted by Crippen LogP contribution is 2.44. The molecule has 1 heterocycles. The normalized spacial score (nSPS) is 12.7. The molecule has 0 amide bonds. The zero-order chi connectivity index (χ0) is 14.9. The van der Waals surface area contributed by atoms with E-state index >= 15 is 0 Å². The Hall–Kier alpha value is -2.46. The van der Waals surface area contributed by atoms with Gasteiger partial charge in [-0.2, -0.15) is 0 Å². The van der Waals surface area contributed by atoms with Crippen molar-refractivity contribution in [3.05, 3.63) is 76.2 Å². The van der Waals surface area contributed by atoms with E-state index in [4.69, 9.17) is 4.74 Å². The molecule has 1 aromatic heterocycles. The highest BCUT2D eigenvalue weighted by molar-refractivity contribution is 7.11. The van der Waals surface area contributed by atoms with Crippen LogP contribution in [0.25, 0.3) is 11.1 Å². The van der Waals surface area contributed by atoms with E-state index in [1.165, 1.54) is 33.6 Å². The van der Waals surface area contributed by atoms with Crippen molar-refractivity contribution in [2.24, 2.45) is 0 Å². The highest BCUT2D eigenvalue weighted by atomic mass is 32.1. The van der Waals surface area contributed by atoms with E-state index in [0.29, 0.717) is 11.6 Å². The average molecular weight is 306 g/mol. The Balaban J connectivity index is 1.63. The fraction of sp³-hybridized carbons (Fsp3) is 0.111. The fourth-order valence-corrected chi connectivity index (χ4v) is 3.43. The number of fused-ring (bicyclic) bond motifs is 3. The number of carbonyl (C=O) groups is 1. The lowest BCUT2D eigenvalue weighted by molar-refractivity contribution is 0.0493. The summed E-state index contributed by atoms with van der Waals surface area (Å²) in [7, 11) is 0. The second-order valence-electron chi connectivity index (χ2n) is 5.11.